The minimum Gasteiger partial charge on any atom is -0.496 e. The molecule has 0 spiro atoms. The van der Waals surface area contributed by atoms with Gasteiger partial charge in [0.1, 0.15) is 5.75 Å². The van der Waals surface area contributed by atoms with E-state index in [1.807, 2.05) is 31.2 Å². The molecule has 0 radical (unpaired) electrons. The molecule has 1 aliphatic carbocycles. The number of methoxy groups -OCH3 is 1. The smallest absolute Gasteiger partial charge is 0.275 e. The predicted octanol–water partition coefficient (Wildman–Crippen LogP) is 4.74. The maximum atomic E-state index is 11.6. The number of rotatable bonds is 3. The van der Waals surface area contributed by atoms with Crippen LogP contribution in [-0.2, 0) is 0 Å². The van der Waals surface area contributed by atoms with Crippen LogP contribution in [0.25, 0.3) is 0 Å². The number of aryl methyl sites for hydroxylation is 1. The highest BCUT2D eigenvalue weighted by molar-refractivity contribution is 5.71. The van der Waals surface area contributed by atoms with Crippen molar-refractivity contribution >= 4 is 11.4 Å². The van der Waals surface area contributed by atoms with Crippen LogP contribution in [0.15, 0.2) is 48.6 Å². The normalized spacial score (nSPS) is 23.5. The molecule has 0 saturated heterocycles. The molecule has 25 heavy (non-hydrogen) atoms. The number of allylic oxidation sites excluding steroid dienone is 2. The number of hydrogen-bond donors (Lipinski definition) is 1. The molecular weight excluding hydrogens is 316 g/mol. The lowest BCUT2D eigenvalue weighted by molar-refractivity contribution is -0.385. The molecule has 0 fully saturated rings. The number of ether oxygens (including phenoxy) is 1. The van der Waals surface area contributed by atoms with Gasteiger partial charge in [-0.3, -0.25) is 10.1 Å². The fourth-order valence-corrected chi connectivity index (χ4v) is 4.23. The molecule has 3 unspecified atom stereocenters. The van der Waals surface area contributed by atoms with E-state index in [1.165, 1.54) is 0 Å². The van der Waals surface area contributed by atoms with Gasteiger partial charge in [-0.15, -0.1) is 0 Å². The Hall–Kier alpha value is -2.82. The first-order valence-corrected chi connectivity index (χ1v) is 8.46. The van der Waals surface area contributed by atoms with Gasteiger partial charge in [-0.1, -0.05) is 36.4 Å². The van der Waals surface area contributed by atoms with Gasteiger partial charge < -0.3 is 10.1 Å². The molecule has 1 aliphatic heterocycles. The van der Waals surface area contributed by atoms with E-state index in [0.717, 1.165) is 34.5 Å². The minimum atomic E-state index is -0.271. The highest BCUT2D eigenvalue weighted by Crippen LogP contribution is 2.54. The van der Waals surface area contributed by atoms with E-state index in [2.05, 4.69) is 23.5 Å². The van der Waals surface area contributed by atoms with Crippen LogP contribution in [0.4, 0.5) is 11.4 Å². The van der Waals surface area contributed by atoms with Crippen molar-refractivity contribution in [2.24, 2.45) is 5.92 Å². The van der Waals surface area contributed by atoms with Gasteiger partial charge in [0.2, 0.25) is 0 Å². The molecule has 3 atom stereocenters. The fourth-order valence-electron chi connectivity index (χ4n) is 4.23. The van der Waals surface area contributed by atoms with Crippen LogP contribution in [0.3, 0.4) is 0 Å². The second kappa shape index (κ2) is 5.92. The molecule has 0 aromatic heterocycles. The molecule has 0 bridgehead atoms. The third kappa shape index (κ3) is 2.38. The SMILES string of the molecule is COc1ccccc1C1Nc2c(C)ccc([N+](=O)[O-])c2C2C=CCC21. The highest BCUT2D eigenvalue weighted by atomic mass is 16.6. The van der Waals surface area contributed by atoms with Crippen molar-refractivity contribution in [1.29, 1.82) is 0 Å². The summed E-state index contributed by atoms with van der Waals surface area (Å²) in [5.74, 6) is 1.13. The van der Waals surface area contributed by atoms with Crippen molar-refractivity contribution < 1.29 is 9.66 Å². The topological polar surface area (TPSA) is 64.4 Å². The molecule has 4 rings (SSSR count). The van der Waals surface area contributed by atoms with Crippen LogP contribution >= 0.6 is 0 Å². The highest BCUT2D eigenvalue weighted by Gasteiger charge is 2.42. The van der Waals surface area contributed by atoms with Crippen LogP contribution in [0, 0.1) is 23.0 Å². The number of fused-ring (bicyclic) bond motifs is 3. The number of nitrogens with zero attached hydrogens (tertiary/aromatic N) is 1. The third-order valence-corrected chi connectivity index (χ3v) is 5.38. The van der Waals surface area contributed by atoms with Crippen LogP contribution in [-0.4, -0.2) is 12.0 Å². The summed E-state index contributed by atoms with van der Waals surface area (Å²) >= 11 is 0. The maximum Gasteiger partial charge on any atom is 0.275 e. The monoisotopic (exact) mass is 336 g/mol. The number of nitro groups is 1. The molecule has 5 nitrogen and oxygen atoms in total. The molecule has 0 amide bonds. The fraction of sp³-hybridized carbons (Fsp3) is 0.300. The van der Waals surface area contributed by atoms with Crippen molar-refractivity contribution in [3.63, 3.8) is 0 Å². The Kier molecular flexibility index (Phi) is 3.71. The minimum absolute atomic E-state index is 0.0477. The molecule has 1 N–H and O–H groups in total. The van der Waals surface area contributed by atoms with Crippen molar-refractivity contribution in [3.8, 4) is 5.75 Å². The van der Waals surface area contributed by atoms with E-state index in [0.29, 0.717) is 0 Å². The maximum absolute atomic E-state index is 11.6. The lowest BCUT2D eigenvalue weighted by atomic mass is 9.75. The Bertz CT molecular complexity index is 875. The Morgan fingerprint density at radius 2 is 2.04 bits per heavy atom. The van der Waals surface area contributed by atoms with E-state index in [9.17, 15) is 10.1 Å². The number of benzene rings is 2. The first kappa shape index (κ1) is 15.7. The summed E-state index contributed by atoms with van der Waals surface area (Å²) in [6, 6.07) is 11.5. The molecule has 2 aromatic rings. The van der Waals surface area contributed by atoms with Gasteiger partial charge in [-0.05, 0) is 30.9 Å². The number of nitrogens with one attached hydrogen (secondary N) is 1. The van der Waals surface area contributed by atoms with E-state index in [1.54, 1.807) is 13.2 Å². The largest absolute Gasteiger partial charge is 0.496 e. The second-order valence-corrected chi connectivity index (χ2v) is 6.66. The van der Waals surface area contributed by atoms with Crippen LogP contribution in [0.2, 0.25) is 0 Å². The summed E-state index contributed by atoms with van der Waals surface area (Å²) in [5, 5.41) is 15.2. The summed E-state index contributed by atoms with van der Waals surface area (Å²) in [6.07, 6.45) is 5.16. The first-order chi connectivity index (χ1) is 12.1. The predicted molar refractivity (Wildman–Crippen MR) is 97.2 cm³/mol. The lowest BCUT2D eigenvalue weighted by Gasteiger charge is -2.38. The summed E-state index contributed by atoms with van der Waals surface area (Å²) in [6.45, 7) is 1.99. The zero-order valence-electron chi connectivity index (χ0n) is 14.2. The van der Waals surface area contributed by atoms with Gasteiger partial charge in [0.05, 0.1) is 23.6 Å². The Balaban J connectivity index is 1.89. The van der Waals surface area contributed by atoms with Crippen LogP contribution in [0.5, 0.6) is 5.75 Å². The van der Waals surface area contributed by atoms with Gasteiger partial charge in [0.25, 0.3) is 5.69 Å². The van der Waals surface area contributed by atoms with Crippen LogP contribution < -0.4 is 10.1 Å². The van der Waals surface area contributed by atoms with Crippen molar-refractivity contribution in [2.75, 3.05) is 12.4 Å². The lowest BCUT2D eigenvalue weighted by Crippen LogP contribution is -2.30. The average molecular weight is 336 g/mol. The molecule has 5 heteroatoms. The van der Waals surface area contributed by atoms with Gasteiger partial charge in [-0.2, -0.15) is 0 Å². The summed E-state index contributed by atoms with van der Waals surface area (Å²) < 4.78 is 5.56. The standard InChI is InChI=1S/C20H20N2O3/c1-12-10-11-16(22(23)24)18-13-7-5-8-14(13)20(21-19(12)18)15-6-3-4-9-17(15)25-2/h3-7,9-11,13-14,20-21H,8H2,1-2H3. The van der Waals surface area contributed by atoms with Gasteiger partial charge >= 0.3 is 0 Å². The number of anilines is 1. The zero-order chi connectivity index (χ0) is 17.6. The van der Waals surface area contributed by atoms with E-state index < -0.39 is 0 Å². The summed E-state index contributed by atoms with van der Waals surface area (Å²) in [7, 11) is 1.68. The molecule has 128 valence electrons. The summed E-state index contributed by atoms with van der Waals surface area (Å²) in [4.78, 5) is 11.3. The first-order valence-electron chi connectivity index (χ1n) is 8.46. The average Bonchev–Trinajstić information content (AvgIpc) is 3.11. The van der Waals surface area contributed by atoms with Crippen molar-refractivity contribution in [2.45, 2.75) is 25.3 Å². The quantitative estimate of drug-likeness (QED) is 0.499. The molecule has 1 heterocycles. The van der Waals surface area contributed by atoms with E-state index >= 15 is 0 Å². The van der Waals surface area contributed by atoms with Gasteiger partial charge in [0.15, 0.2) is 0 Å². The van der Waals surface area contributed by atoms with E-state index in [-0.39, 0.29) is 28.5 Å². The molecule has 2 aliphatic rings. The number of hydrogen-bond acceptors (Lipinski definition) is 4. The number of para-hydroxylation sites is 1. The van der Waals surface area contributed by atoms with Crippen LogP contribution in [0.1, 0.15) is 35.1 Å². The molecule has 2 aromatic carbocycles. The van der Waals surface area contributed by atoms with E-state index in [4.69, 9.17) is 4.74 Å². The van der Waals surface area contributed by atoms with Crippen molar-refractivity contribution in [1.82, 2.24) is 0 Å². The van der Waals surface area contributed by atoms with Gasteiger partial charge in [0, 0.05) is 23.2 Å². The Labute approximate surface area is 146 Å². The van der Waals surface area contributed by atoms with Gasteiger partial charge in [-0.25, -0.2) is 0 Å². The second-order valence-electron chi connectivity index (χ2n) is 6.66. The molecular formula is C20H20N2O3. The number of nitro benzene ring substituents is 1. The molecule has 0 saturated carbocycles. The summed E-state index contributed by atoms with van der Waals surface area (Å²) in [5.41, 5.74) is 4.03. The Morgan fingerprint density at radius 3 is 2.80 bits per heavy atom. The Morgan fingerprint density at radius 1 is 1.24 bits per heavy atom. The van der Waals surface area contributed by atoms with Crippen molar-refractivity contribution in [3.05, 3.63) is 75.4 Å². The third-order valence-electron chi connectivity index (χ3n) is 5.38. The zero-order valence-corrected chi connectivity index (χ0v) is 14.2.